The molecule has 0 spiro atoms. The smallest absolute Gasteiger partial charge is 0.252 e. The fraction of sp³-hybridized carbons (Fsp3) is 0.0377. The molecular formula is C106H81BN2Si2. The number of nitrogens with zero attached hydrogens (tertiary/aromatic N) is 2. The molecule has 111 heavy (non-hydrogen) atoms. The van der Waals surface area contributed by atoms with Crippen molar-refractivity contribution in [1.29, 1.82) is 0 Å². The van der Waals surface area contributed by atoms with Crippen LogP contribution in [-0.2, 0) is 5.41 Å². The van der Waals surface area contributed by atoms with Gasteiger partial charge in [0.1, 0.15) is 0 Å². The molecule has 0 saturated heterocycles. The van der Waals surface area contributed by atoms with Crippen molar-refractivity contribution in [3.05, 3.63) is 442 Å². The van der Waals surface area contributed by atoms with Crippen LogP contribution in [0.4, 0.5) is 34.1 Å². The highest BCUT2D eigenvalue weighted by molar-refractivity contribution is 7.21. The standard InChI is InChI=1S/C106H81BN2Si2/c1-106(2,3)87-72-103-105-104(73-87)109(100-65-60-84(78-40-18-6-19-41-78)71-97(100)81-46-24-9-25-47-81)102-75-96(111(91-54-30-12-31-55-91,92-56-32-13-33-57-92)94-59-35-49-83(70-94)77-38-16-5-17-39-77)62-64-99(102)107(105)98-63-61-95(74-101(98)108(103)88-67-85(79-42-20-7-21-43-79)66-86(68-88)80-44-22-8-23-45-80)110(89-50-26-10-27-51-89,90-52-28-11-29-53-90)93-58-34-48-82(69-93)76-36-14-4-15-37-76/h4-75H,1-3H3/i7D,20D,21D,42D,43D. The first-order chi connectivity index (χ1) is 56.7. The van der Waals surface area contributed by atoms with Crippen molar-refractivity contribution in [2.24, 2.45) is 0 Å². The van der Waals surface area contributed by atoms with Gasteiger partial charge >= 0.3 is 0 Å². The highest BCUT2D eigenvalue weighted by atomic mass is 28.3. The number of fused-ring (bicyclic) bond motifs is 4. The largest absolute Gasteiger partial charge is 0.311 e. The van der Waals surface area contributed by atoms with E-state index in [1.807, 2.05) is 24.3 Å². The van der Waals surface area contributed by atoms with Crippen LogP contribution in [0, 0.1) is 0 Å². The quantitative estimate of drug-likeness (QED) is 0.0703. The normalized spacial score (nSPS) is 13.0. The van der Waals surface area contributed by atoms with Crippen LogP contribution in [0.15, 0.2) is 437 Å². The molecule has 526 valence electrons. The van der Waals surface area contributed by atoms with E-state index in [2.05, 4.69) is 413 Å². The third-order valence-electron chi connectivity index (χ3n) is 22.9. The molecule has 2 heterocycles. The van der Waals surface area contributed by atoms with Gasteiger partial charge in [0.15, 0.2) is 16.1 Å². The summed E-state index contributed by atoms with van der Waals surface area (Å²) in [5.74, 6) is 0. The number of benzene rings is 17. The lowest BCUT2D eigenvalue weighted by Crippen LogP contribution is -2.75. The molecule has 0 aliphatic carbocycles. The lowest BCUT2D eigenvalue weighted by Gasteiger charge is -2.46. The Kier molecular flexibility index (Phi) is 16.3. The second-order valence-corrected chi connectivity index (χ2v) is 37.9. The Morgan fingerprint density at radius 1 is 0.243 bits per heavy atom. The van der Waals surface area contributed by atoms with E-state index >= 15 is 0 Å². The maximum absolute atomic E-state index is 9.77. The minimum atomic E-state index is -3.46. The Bertz CT molecular complexity index is 6450. The highest BCUT2D eigenvalue weighted by Gasteiger charge is 2.49. The van der Waals surface area contributed by atoms with Gasteiger partial charge in [0.05, 0.1) is 12.5 Å². The second kappa shape index (κ2) is 28.8. The van der Waals surface area contributed by atoms with E-state index in [0.717, 1.165) is 112 Å². The summed E-state index contributed by atoms with van der Waals surface area (Å²) in [5.41, 5.74) is 21.1. The minimum absolute atomic E-state index is 0.128. The third kappa shape index (κ3) is 12.1. The summed E-state index contributed by atoms with van der Waals surface area (Å²) in [7, 11) is -6.86. The summed E-state index contributed by atoms with van der Waals surface area (Å²) in [6.45, 7) is 6.56. The second-order valence-electron chi connectivity index (χ2n) is 30.3. The zero-order valence-electron chi connectivity index (χ0n) is 67.2. The maximum atomic E-state index is 9.77. The van der Waals surface area contributed by atoms with E-state index in [4.69, 9.17) is 1.37 Å². The first-order valence-corrected chi connectivity index (χ1v) is 42.4. The molecule has 0 atom stereocenters. The van der Waals surface area contributed by atoms with Gasteiger partial charge in [-0.1, -0.05) is 403 Å². The number of hydrogen-bond donors (Lipinski definition) is 0. The monoisotopic (exact) mass is 1450 g/mol. The fourth-order valence-electron chi connectivity index (χ4n) is 17.8. The van der Waals surface area contributed by atoms with Crippen molar-refractivity contribution in [3.8, 4) is 66.8 Å². The topological polar surface area (TPSA) is 6.48 Å². The molecule has 5 heteroatoms. The van der Waals surface area contributed by atoms with Crippen LogP contribution in [0.3, 0.4) is 0 Å². The van der Waals surface area contributed by atoms with Gasteiger partial charge in [-0.3, -0.25) is 0 Å². The van der Waals surface area contributed by atoms with E-state index < -0.39 is 46.4 Å². The summed E-state index contributed by atoms with van der Waals surface area (Å²) >= 11 is 0. The molecule has 2 aliphatic heterocycles. The van der Waals surface area contributed by atoms with E-state index in [1.165, 1.54) is 41.5 Å². The van der Waals surface area contributed by atoms with Gasteiger partial charge in [-0.05, 0) is 185 Å². The maximum Gasteiger partial charge on any atom is 0.252 e. The Morgan fingerprint density at radius 3 is 1.01 bits per heavy atom. The predicted octanol–water partition coefficient (Wildman–Crippen LogP) is 19.8. The first-order valence-electron chi connectivity index (χ1n) is 40.9. The molecule has 0 bridgehead atoms. The zero-order chi connectivity index (χ0) is 78.8. The molecule has 17 aromatic rings. The number of hydrogen-bond acceptors (Lipinski definition) is 2. The summed E-state index contributed by atoms with van der Waals surface area (Å²) in [5, 5.41) is 9.86. The molecule has 0 fully saturated rings. The van der Waals surface area contributed by atoms with E-state index in [9.17, 15) is 5.48 Å². The van der Waals surface area contributed by atoms with Gasteiger partial charge in [0.25, 0.3) is 6.71 Å². The highest BCUT2D eigenvalue weighted by Crippen LogP contribution is 2.50. The average Bonchev–Trinajstić information content (AvgIpc) is 0.680. The van der Waals surface area contributed by atoms with Crippen molar-refractivity contribution < 1.29 is 6.85 Å². The Morgan fingerprint density at radius 2 is 0.586 bits per heavy atom. The van der Waals surface area contributed by atoms with Crippen LogP contribution in [0.25, 0.3) is 66.8 Å². The Balaban J connectivity index is 0.980. The van der Waals surface area contributed by atoms with Crippen LogP contribution in [0.2, 0.25) is 0 Å². The van der Waals surface area contributed by atoms with Crippen molar-refractivity contribution >= 4 is 115 Å². The fourth-order valence-corrected chi connectivity index (χ4v) is 27.4. The van der Waals surface area contributed by atoms with Crippen molar-refractivity contribution in [2.75, 3.05) is 9.80 Å². The molecule has 2 aliphatic rings. The van der Waals surface area contributed by atoms with Crippen molar-refractivity contribution in [2.45, 2.75) is 26.2 Å². The van der Waals surface area contributed by atoms with Gasteiger partial charge < -0.3 is 9.80 Å². The number of rotatable bonds is 16. The van der Waals surface area contributed by atoms with Crippen molar-refractivity contribution in [3.63, 3.8) is 0 Å². The van der Waals surface area contributed by atoms with E-state index in [0.29, 0.717) is 5.56 Å². The first kappa shape index (κ1) is 62.8. The molecule has 0 saturated carbocycles. The molecule has 0 unspecified atom stereocenters. The van der Waals surface area contributed by atoms with E-state index in [-0.39, 0.29) is 17.6 Å². The summed E-state index contributed by atoms with van der Waals surface area (Å²) in [4.78, 5) is 5.11. The van der Waals surface area contributed by atoms with Crippen LogP contribution < -0.4 is 67.7 Å². The summed E-state index contributed by atoms with van der Waals surface area (Å²) in [6, 6.07) is 149. The number of anilines is 6. The molecular weight excluding hydrogens is 1370 g/mol. The lowest BCUT2D eigenvalue weighted by atomic mass is 9.33. The minimum Gasteiger partial charge on any atom is -0.311 e. The van der Waals surface area contributed by atoms with Crippen LogP contribution in [0.5, 0.6) is 0 Å². The van der Waals surface area contributed by atoms with Crippen LogP contribution >= 0.6 is 0 Å². The SMILES string of the molecule is [2H]c1c([2H])c([2H])c(-c2cc(-c3ccccc3)cc(N3c4cc([Si](c5ccccc5)(c5ccccc5)c5cccc(-c6ccccc6)c5)ccc4B4c5ccc([Si](c6ccccc6)(c6ccccc6)c6cccc(-c7ccccc7)c6)cc5N(c5ccc(-c6ccccc6)cc5-c5ccccc5)c5cc(C(C)(C)C)cc3c54)c2)c([2H])c1[2H]. The lowest BCUT2D eigenvalue weighted by molar-refractivity contribution is 0.590. The predicted molar refractivity (Wildman–Crippen MR) is 479 cm³/mol. The summed E-state index contributed by atoms with van der Waals surface area (Å²) < 4.78 is 46.9. The molecule has 2 nitrogen and oxygen atoms in total. The molecule has 0 amide bonds. The zero-order valence-corrected chi connectivity index (χ0v) is 64.2. The van der Waals surface area contributed by atoms with Crippen LogP contribution in [0.1, 0.15) is 33.2 Å². The van der Waals surface area contributed by atoms with Gasteiger partial charge in [-0.25, -0.2) is 0 Å². The van der Waals surface area contributed by atoms with Gasteiger partial charge in [-0.2, -0.15) is 0 Å². The van der Waals surface area contributed by atoms with Gasteiger partial charge in [0, 0.05) is 34.0 Å². The average molecular weight is 1450 g/mol. The Hall–Kier alpha value is -13.2. The van der Waals surface area contributed by atoms with E-state index in [1.54, 1.807) is 0 Å². The van der Waals surface area contributed by atoms with Gasteiger partial charge in [-0.15, -0.1) is 0 Å². The third-order valence-corrected chi connectivity index (χ3v) is 32.4. The van der Waals surface area contributed by atoms with Gasteiger partial charge in [0.2, 0.25) is 0 Å². The molecule has 19 rings (SSSR count). The molecule has 0 radical (unpaired) electrons. The molecule has 0 N–H and O–H groups in total. The van der Waals surface area contributed by atoms with Crippen LogP contribution in [-0.4, -0.2) is 22.9 Å². The molecule has 0 aromatic heterocycles. The van der Waals surface area contributed by atoms with Crippen molar-refractivity contribution in [1.82, 2.24) is 0 Å². The summed E-state index contributed by atoms with van der Waals surface area (Å²) in [6.07, 6.45) is 0. The molecule has 17 aromatic carbocycles. The Labute approximate surface area is 662 Å².